The predicted molar refractivity (Wildman–Crippen MR) is 198 cm³/mol. The maximum atomic E-state index is 12.5. The highest BCUT2D eigenvalue weighted by atomic mass is 16.7. The zero-order chi connectivity index (χ0) is 35.3. The highest BCUT2D eigenvalue weighted by molar-refractivity contribution is 5.76. The van der Waals surface area contributed by atoms with Gasteiger partial charge in [-0.3, -0.25) is 14.5 Å². The summed E-state index contributed by atoms with van der Waals surface area (Å²) in [7, 11) is 0. The van der Waals surface area contributed by atoms with Crippen LogP contribution in [0.25, 0.3) is 11.1 Å². The Hall–Kier alpha value is -3.82. The molecule has 268 valence electrons. The van der Waals surface area contributed by atoms with E-state index in [2.05, 4.69) is 77.6 Å². The highest BCUT2D eigenvalue weighted by Crippen LogP contribution is 2.43. The van der Waals surface area contributed by atoms with Crippen molar-refractivity contribution in [1.29, 1.82) is 0 Å². The molecule has 1 saturated carbocycles. The number of nitrogens with one attached hydrogen (secondary N) is 2. The third kappa shape index (κ3) is 10.6. The predicted octanol–water partition coefficient (Wildman–Crippen LogP) is 7.38. The molecule has 2 amide bonds. The second-order valence-corrected chi connectivity index (χ2v) is 13.9. The van der Waals surface area contributed by atoms with E-state index in [4.69, 9.17) is 9.47 Å². The molecule has 50 heavy (non-hydrogen) atoms. The molecule has 3 aromatic carbocycles. The Morgan fingerprint density at radius 2 is 1.64 bits per heavy atom. The molecule has 8 nitrogen and oxygen atoms in total. The van der Waals surface area contributed by atoms with Crippen molar-refractivity contribution in [2.75, 3.05) is 19.6 Å². The molecule has 0 bridgehead atoms. The van der Waals surface area contributed by atoms with Crippen LogP contribution in [0.15, 0.2) is 85.5 Å². The number of hydrogen-bond acceptors (Lipinski definition) is 6. The Balaban J connectivity index is 1.28. The van der Waals surface area contributed by atoms with Gasteiger partial charge in [0, 0.05) is 57.0 Å². The first-order valence-corrected chi connectivity index (χ1v) is 18.4. The van der Waals surface area contributed by atoms with Crippen LogP contribution >= 0.6 is 0 Å². The summed E-state index contributed by atoms with van der Waals surface area (Å²) in [6.45, 7) is 10.6. The average Bonchev–Trinajstić information content (AvgIpc) is 3.68. The van der Waals surface area contributed by atoms with Crippen molar-refractivity contribution >= 4 is 11.8 Å². The summed E-state index contributed by atoms with van der Waals surface area (Å²) >= 11 is 0. The molecule has 1 heterocycles. The van der Waals surface area contributed by atoms with Gasteiger partial charge in [0.05, 0.1) is 18.8 Å². The summed E-state index contributed by atoms with van der Waals surface area (Å²) in [4.78, 5) is 26.0. The lowest BCUT2D eigenvalue weighted by molar-refractivity contribution is -0.276. The Labute approximate surface area is 298 Å². The molecular formula is C42H55N3O5. The van der Waals surface area contributed by atoms with Crippen molar-refractivity contribution in [1.82, 2.24) is 15.5 Å². The molecule has 0 aromatic heterocycles. The minimum Gasteiger partial charge on any atom is -0.392 e. The summed E-state index contributed by atoms with van der Waals surface area (Å²) < 4.78 is 13.7. The SMILES string of the molecule is C=CCN(C[C@H]1O[C@@H](c2cccc(-c3cccc(CNC(=O)CCCCCNC(C)=O)c3)c2)O[C@@H](c2ccc(CO)cc2)[C@H]1C)C1CCCC1. The number of ether oxygens (including phenoxy) is 2. The molecule has 1 aliphatic carbocycles. The number of amides is 2. The van der Waals surface area contributed by atoms with Crippen LogP contribution in [-0.2, 0) is 32.2 Å². The van der Waals surface area contributed by atoms with Gasteiger partial charge >= 0.3 is 0 Å². The Morgan fingerprint density at radius 1 is 0.900 bits per heavy atom. The molecule has 2 fully saturated rings. The average molecular weight is 682 g/mol. The van der Waals surface area contributed by atoms with E-state index in [9.17, 15) is 14.7 Å². The number of carbonyl (C=O) groups is 2. The Kier molecular flexibility index (Phi) is 14.2. The molecule has 1 saturated heterocycles. The Morgan fingerprint density at radius 3 is 2.36 bits per heavy atom. The first-order chi connectivity index (χ1) is 24.3. The number of unbranched alkanes of at least 4 members (excludes halogenated alkanes) is 2. The summed E-state index contributed by atoms with van der Waals surface area (Å²) in [5, 5.41) is 15.5. The quantitative estimate of drug-likeness (QED) is 0.102. The van der Waals surface area contributed by atoms with Gasteiger partial charge in [-0.05, 0) is 65.6 Å². The zero-order valence-electron chi connectivity index (χ0n) is 29.8. The molecule has 0 unspecified atom stereocenters. The van der Waals surface area contributed by atoms with E-state index >= 15 is 0 Å². The third-order valence-electron chi connectivity index (χ3n) is 10.1. The number of aliphatic hydroxyl groups excluding tert-OH is 1. The normalized spacial score (nSPS) is 20.9. The fourth-order valence-electron chi connectivity index (χ4n) is 7.23. The van der Waals surface area contributed by atoms with Crippen molar-refractivity contribution < 1.29 is 24.2 Å². The molecule has 3 N–H and O–H groups in total. The fourth-order valence-corrected chi connectivity index (χ4v) is 7.23. The van der Waals surface area contributed by atoms with Crippen molar-refractivity contribution in [2.45, 2.75) is 103 Å². The first-order valence-electron chi connectivity index (χ1n) is 18.4. The largest absolute Gasteiger partial charge is 0.392 e. The van der Waals surface area contributed by atoms with E-state index in [-0.39, 0.29) is 36.5 Å². The van der Waals surface area contributed by atoms with E-state index in [1.54, 1.807) is 0 Å². The lowest BCUT2D eigenvalue weighted by atomic mass is 9.89. The molecule has 5 rings (SSSR count). The second-order valence-electron chi connectivity index (χ2n) is 13.9. The van der Waals surface area contributed by atoms with Crippen LogP contribution in [0.4, 0.5) is 0 Å². The van der Waals surface area contributed by atoms with Crippen molar-refractivity contribution in [3.63, 3.8) is 0 Å². The smallest absolute Gasteiger partial charge is 0.220 e. The number of hydrogen-bond donors (Lipinski definition) is 3. The number of nitrogens with zero attached hydrogens (tertiary/aromatic N) is 1. The van der Waals surface area contributed by atoms with Crippen molar-refractivity contribution in [2.24, 2.45) is 5.92 Å². The van der Waals surface area contributed by atoms with Gasteiger partial charge in [-0.25, -0.2) is 0 Å². The van der Waals surface area contributed by atoms with E-state index in [1.165, 1.54) is 32.6 Å². The maximum absolute atomic E-state index is 12.5. The summed E-state index contributed by atoms with van der Waals surface area (Å²) in [6.07, 6.45) is 9.25. The molecule has 3 aromatic rings. The molecule has 0 radical (unpaired) electrons. The van der Waals surface area contributed by atoms with E-state index < -0.39 is 6.29 Å². The van der Waals surface area contributed by atoms with Crippen LogP contribution in [0, 0.1) is 5.92 Å². The van der Waals surface area contributed by atoms with Crippen LogP contribution in [0.1, 0.15) is 99.9 Å². The van der Waals surface area contributed by atoms with Gasteiger partial charge in [-0.2, -0.15) is 0 Å². The fraction of sp³-hybridized carbons (Fsp3) is 0.476. The van der Waals surface area contributed by atoms with Gasteiger partial charge in [0.2, 0.25) is 11.8 Å². The first kappa shape index (κ1) is 37.4. The van der Waals surface area contributed by atoms with Crippen LogP contribution < -0.4 is 10.6 Å². The van der Waals surface area contributed by atoms with E-state index in [1.807, 2.05) is 30.3 Å². The van der Waals surface area contributed by atoms with Gasteiger partial charge in [0.15, 0.2) is 6.29 Å². The van der Waals surface area contributed by atoms with Crippen molar-refractivity contribution in [3.8, 4) is 11.1 Å². The molecular weight excluding hydrogens is 626 g/mol. The second kappa shape index (κ2) is 19.0. The van der Waals surface area contributed by atoms with Crippen LogP contribution in [0.2, 0.25) is 0 Å². The highest BCUT2D eigenvalue weighted by Gasteiger charge is 2.40. The summed E-state index contributed by atoms with van der Waals surface area (Å²) in [5.74, 6) is 0.123. The van der Waals surface area contributed by atoms with Gasteiger partial charge in [-0.1, -0.05) is 92.9 Å². The molecule has 4 atom stereocenters. The van der Waals surface area contributed by atoms with Gasteiger partial charge < -0.3 is 25.2 Å². The lowest BCUT2D eigenvalue weighted by Crippen LogP contribution is -2.47. The molecule has 8 heteroatoms. The maximum Gasteiger partial charge on any atom is 0.220 e. The third-order valence-corrected chi connectivity index (χ3v) is 10.1. The van der Waals surface area contributed by atoms with Crippen LogP contribution in [-0.4, -0.2) is 53.6 Å². The number of benzene rings is 3. The molecule has 2 aliphatic rings. The molecule has 0 spiro atoms. The van der Waals surface area contributed by atoms with Crippen molar-refractivity contribution in [3.05, 3.63) is 108 Å². The minimum absolute atomic E-state index is 0.0100. The topological polar surface area (TPSA) is 100 Å². The van der Waals surface area contributed by atoms with Crippen LogP contribution in [0.5, 0.6) is 0 Å². The summed E-state index contributed by atoms with van der Waals surface area (Å²) in [5.41, 5.74) is 6.08. The summed E-state index contributed by atoms with van der Waals surface area (Å²) in [6, 6.07) is 25.3. The number of rotatable bonds is 17. The lowest BCUT2D eigenvalue weighted by Gasteiger charge is -2.43. The molecule has 1 aliphatic heterocycles. The van der Waals surface area contributed by atoms with E-state index in [0.717, 1.165) is 65.7 Å². The zero-order valence-corrected chi connectivity index (χ0v) is 29.8. The van der Waals surface area contributed by atoms with E-state index in [0.29, 0.717) is 25.6 Å². The standard InChI is InChI=1S/C42H55N3O5/c1-4-24-45(38-16-7-8-17-38)28-39-30(2)41(34-21-19-32(29-46)20-22-34)50-42(49-39)37-15-11-14-36(26-37)35-13-10-12-33(25-35)27-44-40(48)18-6-5-9-23-43-31(3)47/h4,10-15,19-22,25-26,30,38-39,41-42,46H,1,5-9,16-18,23-24,27-29H2,2-3H3,(H,43,47)(H,44,48)/t30-,39+,41+,42+/m0/s1. The Bertz CT molecular complexity index is 1540. The van der Waals surface area contributed by atoms with Gasteiger partial charge in [-0.15, -0.1) is 6.58 Å². The van der Waals surface area contributed by atoms with Gasteiger partial charge in [0.1, 0.15) is 0 Å². The number of carbonyl (C=O) groups excluding carboxylic acids is 2. The minimum atomic E-state index is -0.548. The monoisotopic (exact) mass is 681 g/mol. The number of aliphatic hydroxyl groups is 1. The van der Waals surface area contributed by atoms with Crippen LogP contribution in [0.3, 0.4) is 0 Å². The van der Waals surface area contributed by atoms with Gasteiger partial charge in [0.25, 0.3) is 0 Å².